The number of benzene rings is 3. The summed E-state index contributed by atoms with van der Waals surface area (Å²) in [6, 6.07) is 27.5. The molecule has 4 aromatic rings. The molecule has 3 aromatic carbocycles. The topological polar surface area (TPSA) is 84.6 Å². The molecule has 8 nitrogen and oxygen atoms in total. The maximum absolute atomic E-state index is 13.4. The predicted octanol–water partition coefficient (Wildman–Crippen LogP) is 3.32. The fraction of sp³-hybridized carbons (Fsp3) is 0.310. The van der Waals surface area contributed by atoms with Crippen LogP contribution in [0.2, 0.25) is 0 Å². The molecular formula is C29H32N4O4S. The maximum Gasteiger partial charge on any atom is 0.343 e. The molecule has 9 heteroatoms. The van der Waals surface area contributed by atoms with E-state index in [-0.39, 0.29) is 24.2 Å². The minimum Gasteiger partial charge on any atom is -0.339 e. The van der Waals surface area contributed by atoms with Gasteiger partial charge in [-0.25, -0.2) is 13.2 Å². The van der Waals surface area contributed by atoms with Gasteiger partial charge in [0.25, 0.3) is 0 Å². The second kappa shape index (κ2) is 11.0. The monoisotopic (exact) mass is 532 g/mol. The minimum atomic E-state index is -3.83. The number of rotatable bonds is 8. The molecule has 1 aliphatic rings. The van der Waals surface area contributed by atoms with Gasteiger partial charge in [0.1, 0.15) is 6.54 Å². The Morgan fingerprint density at radius 3 is 1.87 bits per heavy atom. The Balaban J connectivity index is 1.36. The third-order valence-corrected chi connectivity index (χ3v) is 8.93. The van der Waals surface area contributed by atoms with E-state index >= 15 is 0 Å². The van der Waals surface area contributed by atoms with E-state index in [0.29, 0.717) is 43.6 Å². The first kappa shape index (κ1) is 25.9. The molecule has 1 aromatic heterocycles. The van der Waals surface area contributed by atoms with Gasteiger partial charge < -0.3 is 4.90 Å². The molecule has 5 rings (SSSR count). The molecule has 0 N–H and O–H groups in total. The number of hydrogen-bond donors (Lipinski definition) is 0. The van der Waals surface area contributed by atoms with E-state index in [0.717, 1.165) is 3.97 Å². The van der Waals surface area contributed by atoms with Gasteiger partial charge in [-0.1, -0.05) is 79.7 Å². The highest BCUT2D eigenvalue weighted by Crippen LogP contribution is 2.29. The average Bonchev–Trinajstić information content (AvgIpc) is 3.22. The summed E-state index contributed by atoms with van der Waals surface area (Å²) >= 11 is 0. The number of aromatic nitrogens is 2. The van der Waals surface area contributed by atoms with Gasteiger partial charge in [-0.15, -0.1) is 0 Å². The lowest BCUT2D eigenvalue weighted by atomic mass is 9.96. The highest BCUT2D eigenvalue weighted by atomic mass is 32.2. The zero-order valence-corrected chi connectivity index (χ0v) is 22.3. The Morgan fingerprint density at radius 1 is 0.789 bits per heavy atom. The van der Waals surface area contributed by atoms with Crippen LogP contribution in [0, 0.1) is 0 Å². The van der Waals surface area contributed by atoms with Crippen LogP contribution in [0.3, 0.4) is 0 Å². The Morgan fingerprint density at radius 2 is 1.32 bits per heavy atom. The molecule has 0 saturated carbocycles. The van der Waals surface area contributed by atoms with Crippen molar-refractivity contribution >= 4 is 27.0 Å². The Hall–Kier alpha value is -3.69. The minimum absolute atomic E-state index is 0.0824. The van der Waals surface area contributed by atoms with Gasteiger partial charge in [0, 0.05) is 26.2 Å². The van der Waals surface area contributed by atoms with Crippen LogP contribution in [0.25, 0.3) is 11.0 Å². The Labute approximate surface area is 222 Å². The van der Waals surface area contributed by atoms with Crippen molar-refractivity contribution in [3.05, 3.63) is 107 Å². The lowest BCUT2D eigenvalue weighted by Gasteiger charge is -2.39. The number of nitrogens with zero attached hydrogens (tertiary/aromatic N) is 4. The van der Waals surface area contributed by atoms with Gasteiger partial charge in [0.15, 0.2) is 0 Å². The summed E-state index contributed by atoms with van der Waals surface area (Å²) in [6.07, 6.45) is 0.393. The van der Waals surface area contributed by atoms with Crippen molar-refractivity contribution in [2.75, 3.05) is 31.9 Å². The summed E-state index contributed by atoms with van der Waals surface area (Å²) in [5.74, 6) is -0.334. The van der Waals surface area contributed by atoms with E-state index in [1.807, 2.05) is 36.4 Å². The van der Waals surface area contributed by atoms with Crippen LogP contribution in [-0.4, -0.2) is 64.6 Å². The quantitative estimate of drug-likeness (QED) is 0.348. The number of carbonyl (C=O) groups excluding carboxylic acids is 1. The third kappa shape index (κ3) is 5.04. The molecule has 0 aliphatic carbocycles. The third-order valence-electron chi connectivity index (χ3n) is 7.09. The number of hydrogen-bond acceptors (Lipinski definition) is 5. The Kier molecular flexibility index (Phi) is 7.49. The number of fused-ring (bicyclic) bond motifs is 1. The zero-order valence-electron chi connectivity index (χ0n) is 21.4. The standard InChI is InChI=1S/C29H32N4O4S/c1-2-21-38(36,37)33-26-16-10-9-15-25(26)32(29(33)35)22-27(34)30-17-19-31(20-18-30)28(23-11-5-3-6-12-23)24-13-7-4-8-14-24/h3-16,28H,2,17-22H2,1H3. The van der Waals surface area contributed by atoms with Crippen molar-refractivity contribution in [1.29, 1.82) is 0 Å². The van der Waals surface area contributed by atoms with Crippen LogP contribution in [0.1, 0.15) is 30.5 Å². The summed E-state index contributed by atoms with van der Waals surface area (Å²) in [5, 5.41) is 0. The normalized spacial score (nSPS) is 14.8. The predicted molar refractivity (Wildman–Crippen MR) is 149 cm³/mol. The summed E-state index contributed by atoms with van der Waals surface area (Å²) in [4.78, 5) is 30.7. The summed E-state index contributed by atoms with van der Waals surface area (Å²) in [7, 11) is -3.83. The molecule has 0 radical (unpaired) electrons. The van der Waals surface area contributed by atoms with E-state index in [4.69, 9.17) is 0 Å². The highest BCUT2D eigenvalue weighted by molar-refractivity contribution is 7.90. The van der Waals surface area contributed by atoms with Crippen molar-refractivity contribution in [2.45, 2.75) is 25.9 Å². The molecule has 1 saturated heterocycles. The number of carbonyl (C=O) groups is 1. The van der Waals surface area contributed by atoms with E-state index in [2.05, 4.69) is 29.2 Å². The van der Waals surface area contributed by atoms with Gasteiger partial charge >= 0.3 is 5.69 Å². The number of piperazine rings is 1. The second-order valence-corrected chi connectivity index (χ2v) is 11.5. The molecule has 0 spiro atoms. The first-order valence-corrected chi connectivity index (χ1v) is 14.6. The molecular weight excluding hydrogens is 500 g/mol. The van der Waals surface area contributed by atoms with Crippen LogP contribution < -0.4 is 5.69 Å². The second-order valence-electron chi connectivity index (χ2n) is 9.58. The van der Waals surface area contributed by atoms with Crippen LogP contribution >= 0.6 is 0 Å². The van der Waals surface area contributed by atoms with Crippen molar-refractivity contribution in [3.8, 4) is 0 Å². The molecule has 2 heterocycles. The zero-order chi connectivity index (χ0) is 26.7. The fourth-order valence-electron chi connectivity index (χ4n) is 5.30. The van der Waals surface area contributed by atoms with Crippen molar-refractivity contribution in [3.63, 3.8) is 0 Å². The molecule has 0 bridgehead atoms. The summed E-state index contributed by atoms with van der Waals surface area (Å²) < 4.78 is 27.8. The maximum atomic E-state index is 13.4. The first-order valence-electron chi connectivity index (χ1n) is 13.0. The molecule has 198 valence electrons. The SMILES string of the molecule is CCCS(=O)(=O)n1c(=O)n(CC(=O)N2CCN(C(c3ccccc3)c3ccccc3)CC2)c2ccccc21. The average molecular weight is 533 g/mol. The lowest BCUT2D eigenvalue weighted by molar-refractivity contribution is -0.133. The number of imidazole rings is 1. The van der Waals surface area contributed by atoms with E-state index < -0.39 is 15.7 Å². The van der Waals surface area contributed by atoms with Gasteiger partial charge in [-0.05, 0) is 29.7 Å². The molecule has 1 fully saturated rings. The molecule has 1 amide bonds. The van der Waals surface area contributed by atoms with Crippen LogP contribution in [-0.2, 0) is 21.4 Å². The van der Waals surface area contributed by atoms with Crippen LogP contribution in [0.4, 0.5) is 0 Å². The van der Waals surface area contributed by atoms with Crippen molar-refractivity contribution < 1.29 is 13.2 Å². The smallest absolute Gasteiger partial charge is 0.339 e. The van der Waals surface area contributed by atoms with Gasteiger partial charge in [-0.3, -0.25) is 14.3 Å². The summed E-state index contributed by atoms with van der Waals surface area (Å²) in [6.45, 7) is 3.97. The molecule has 0 atom stereocenters. The molecule has 1 aliphatic heterocycles. The largest absolute Gasteiger partial charge is 0.343 e. The van der Waals surface area contributed by atoms with E-state index in [1.165, 1.54) is 15.7 Å². The molecule has 0 unspecified atom stereocenters. The lowest BCUT2D eigenvalue weighted by Crippen LogP contribution is -2.51. The Bertz CT molecular complexity index is 1530. The van der Waals surface area contributed by atoms with E-state index in [9.17, 15) is 18.0 Å². The van der Waals surface area contributed by atoms with Gasteiger partial charge in [0.2, 0.25) is 15.9 Å². The van der Waals surface area contributed by atoms with Gasteiger partial charge in [-0.2, -0.15) is 3.97 Å². The summed E-state index contributed by atoms with van der Waals surface area (Å²) in [5.41, 5.74) is 2.45. The van der Waals surface area contributed by atoms with Crippen molar-refractivity contribution in [1.82, 2.24) is 18.3 Å². The fourth-order valence-corrected chi connectivity index (χ4v) is 6.79. The molecule has 38 heavy (non-hydrogen) atoms. The number of amides is 1. The van der Waals surface area contributed by atoms with E-state index in [1.54, 1.807) is 36.1 Å². The number of para-hydroxylation sites is 2. The van der Waals surface area contributed by atoms with Gasteiger partial charge in [0.05, 0.1) is 22.8 Å². The van der Waals surface area contributed by atoms with Crippen LogP contribution in [0.5, 0.6) is 0 Å². The highest BCUT2D eigenvalue weighted by Gasteiger charge is 2.29. The van der Waals surface area contributed by atoms with Crippen LogP contribution in [0.15, 0.2) is 89.7 Å². The van der Waals surface area contributed by atoms with Crippen molar-refractivity contribution in [2.24, 2.45) is 0 Å². The first-order chi connectivity index (χ1) is 18.4.